The number of aromatic nitrogens is 4. The van der Waals surface area contributed by atoms with E-state index in [0.717, 1.165) is 18.5 Å². The van der Waals surface area contributed by atoms with Gasteiger partial charge in [-0.3, -0.25) is 4.79 Å². The van der Waals surface area contributed by atoms with Gasteiger partial charge in [0.2, 0.25) is 0 Å². The molecule has 0 spiro atoms. The fraction of sp³-hybridized carbons (Fsp3) is 0.176. The summed E-state index contributed by atoms with van der Waals surface area (Å²) in [6, 6.07) is 3.86. The van der Waals surface area contributed by atoms with Crippen LogP contribution in [0.1, 0.15) is 22.7 Å². The molecule has 3 aromatic heterocycles. The number of nitrogens with zero attached hydrogens (tertiary/aromatic N) is 4. The van der Waals surface area contributed by atoms with Crippen molar-refractivity contribution in [3.05, 3.63) is 54.0 Å². The number of pyridine rings is 2. The molecule has 10 heteroatoms. The Labute approximate surface area is 151 Å². The first-order chi connectivity index (χ1) is 12.9. The number of anilines is 1. The number of halogens is 3. The molecule has 0 fully saturated rings. The Morgan fingerprint density at radius 2 is 2.07 bits per heavy atom. The summed E-state index contributed by atoms with van der Waals surface area (Å²) in [6.45, 7) is -1.17. The van der Waals surface area contributed by atoms with Crippen LogP contribution < -0.4 is 10.1 Å². The van der Waals surface area contributed by atoms with Crippen LogP contribution in [0.5, 0.6) is 5.75 Å². The molecule has 0 aliphatic carbocycles. The topological polar surface area (TPSA) is 81.9 Å². The molecule has 3 heterocycles. The Bertz CT molecular complexity index is 973. The lowest BCUT2D eigenvalue weighted by Crippen LogP contribution is -2.15. The number of rotatable bonds is 5. The molecule has 0 bridgehead atoms. The van der Waals surface area contributed by atoms with Crippen LogP contribution >= 0.6 is 0 Å². The SMILES string of the molecule is COc1c(-c2cnn(C(F)F)c2)cc(C(=O)Nc2ccc(F)cn2)nc1C. The molecule has 0 atom stereocenters. The van der Waals surface area contributed by atoms with Crippen LogP contribution in [0.4, 0.5) is 19.0 Å². The zero-order valence-corrected chi connectivity index (χ0v) is 14.3. The monoisotopic (exact) mass is 377 g/mol. The van der Waals surface area contributed by atoms with Crippen LogP contribution in [0.2, 0.25) is 0 Å². The summed E-state index contributed by atoms with van der Waals surface area (Å²) in [6.07, 6.45) is 3.35. The molecule has 0 radical (unpaired) electrons. The average Bonchev–Trinajstić information content (AvgIpc) is 3.13. The second-order valence-corrected chi connectivity index (χ2v) is 5.48. The standard InChI is InChI=1S/C17H14F3N5O2/c1-9-15(27-2)12(10-6-22-25(8-10)17(19)20)5-13(23-9)16(26)24-14-4-3-11(18)7-21-14/h3-8,17H,1-2H3,(H,21,24,26). The average molecular weight is 377 g/mol. The van der Waals surface area contributed by atoms with Gasteiger partial charge in [0.05, 0.1) is 25.2 Å². The summed E-state index contributed by atoms with van der Waals surface area (Å²) in [4.78, 5) is 20.4. The summed E-state index contributed by atoms with van der Waals surface area (Å²) in [5.74, 6) is -0.656. The largest absolute Gasteiger partial charge is 0.494 e. The number of carbonyl (C=O) groups is 1. The van der Waals surface area contributed by atoms with Crippen molar-refractivity contribution in [2.75, 3.05) is 12.4 Å². The van der Waals surface area contributed by atoms with Crippen molar-refractivity contribution in [2.24, 2.45) is 0 Å². The number of methoxy groups -OCH3 is 1. The number of nitrogens with one attached hydrogen (secondary N) is 1. The number of aryl methyl sites for hydroxylation is 1. The first-order valence-electron chi connectivity index (χ1n) is 7.70. The lowest BCUT2D eigenvalue weighted by molar-refractivity contribution is 0.0566. The van der Waals surface area contributed by atoms with Crippen molar-refractivity contribution in [3.8, 4) is 16.9 Å². The third-order valence-corrected chi connectivity index (χ3v) is 3.66. The molecular weight excluding hydrogens is 363 g/mol. The minimum atomic E-state index is -2.79. The van der Waals surface area contributed by atoms with Crippen LogP contribution in [-0.4, -0.2) is 32.8 Å². The van der Waals surface area contributed by atoms with Gasteiger partial charge in [0.1, 0.15) is 23.1 Å². The summed E-state index contributed by atoms with van der Waals surface area (Å²) in [5, 5.41) is 6.08. The van der Waals surface area contributed by atoms with Crippen molar-refractivity contribution in [1.82, 2.24) is 19.7 Å². The maximum Gasteiger partial charge on any atom is 0.333 e. The molecule has 3 rings (SSSR count). The van der Waals surface area contributed by atoms with Gasteiger partial charge in [0.15, 0.2) is 0 Å². The van der Waals surface area contributed by atoms with Crippen molar-refractivity contribution >= 4 is 11.7 Å². The summed E-state index contributed by atoms with van der Waals surface area (Å²) in [7, 11) is 1.41. The molecule has 140 valence electrons. The van der Waals surface area contributed by atoms with Crippen molar-refractivity contribution in [1.29, 1.82) is 0 Å². The highest BCUT2D eigenvalue weighted by atomic mass is 19.3. The van der Waals surface area contributed by atoms with E-state index in [1.807, 2.05) is 0 Å². The third kappa shape index (κ3) is 3.89. The lowest BCUT2D eigenvalue weighted by atomic mass is 10.1. The number of alkyl halides is 2. The van der Waals surface area contributed by atoms with Gasteiger partial charge in [-0.05, 0) is 25.1 Å². The van der Waals surface area contributed by atoms with E-state index < -0.39 is 18.3 Å². The van der Waals surface area contributed by atoms with Gasteiger partial charge in [-0.25, -0.2) is 19.0 Å². The molecule has 3 aromatic rings. The van der Waals surface area contributed by atoms with Crippen molar-refractivity contribution in [2.45, 2.75) is 13.5 Å². The van der Waals surface area contributed by atoms with Crippen LogP contribution in [0.25, 0.3) is 11.1 Å². The number of hydrogen-bond donors (Lipinski definition) is 1. The Kier molecular flexibility index (Phi) is 5.06. The normalized spacial score (nSPS) is 10.9. The third-order valence-electron chi connectivity index (χ3n) is 3.66. The van der Waals surface area contributed by atoms with E-state index in [4.69, 9.17) is 4.74 Å². The zero-order chi connectivity index (χ0) is 19.6. The summed E-state index contributed by atoms with van der Waals surface area (Å²) < 4.78 is 44.3. The van der Waals surface area contributed by atoms with E-state index >= 15 is 0 Å². The van der Waals surface area contributed by atoms with Crippen LogP contribution in [-0.2, 0) is 0 Å². The smallest absolute Gasteiger partial charge is 0.333 e. The maximum absolute atomic E-state index is 12.9. The van der Waals surface area contributed by atoms with Gasteiger partial charge in [0, 0.05) is 17.3 Å². The molecule has 1 N–H and O–H groups in total. The molecule has 0 aliphatic rings. The van der Waals surface area contributed by atoms with Crippen LogP contribution in [0, 0.1) is 12.7 Å². The van der Waals surface area contributed by atoms with E-state index in [1.165, 1.54) is 25.4 Å². The maximum atomic E-state index is 12.9. The van der Waals surface area contributed by atoms with E-state index in [1.54, 1.807) is 6.92 Å². The predicted molar refractivity (Wildman–Crippen MR) is 90.1 cm³/mol. The molecule has 0 aromatic carbocycles. The zero-order valence-electron chi connectivity index (χ0n) is 14.3. The minimum absolute atomic E-state index is 0.0132. The van der Waals surface area contributed by atoms with E-state index in [0.29, 0.717) is 27.3 Å². The van der Waals surface area contributed by atoms with Crippen LogP contribution in [0.3, 0.4) is 0 Å². The van der Waals surface area contributed by atoms with Gasteiger partial charge >= 0.3 is 6.55 Å². The first kappa shape index (κ1) is 18.4. The van der Waals surface area contributed by atoms with E-state index in [-0.39, 0.29) is 11.5 Å². The Morgan fingerprint density at radius 3 is 2.67 bits per heavy atom. The molecule has 27 heavy (non-hydrogen) atoms. The van der Waals surface area contributed by atoms with Gasteiger partial charge in [-0.1, -0.05) is 0 Å². The van der Waals surface area contributed by atoms with E-state index in [2.05, 4.69) is 20.4 Å². The van der Waals surface area contributed by atoms with Gasteiger partial charge in [-0.15, -0.1) is 0 Å². The second-order valence-electron chi connectivity index (χ2n) is 5.48. The second kappa shape index (κ2) is 7.44. The number of hydrogen-bond acceptors (Lipinski definition) is 5. The van der Waals surface area contributed by atoms with Crippen molar-refractivity contribution < 1.29 is 22.7 Å². The first-order valence-corrected chi connectivity index (χ1v) is 7.70. The highest BCUT2D eigenvalue weighted by Crippen LogP contribution is 2.33. The lowest BCUT2D eigenvalue weighted by Gasteiger charge is -2.12. The number of carbonyl (C=O) groups excluding carboxylic acids is 1. The van der Waals surface area contributed by atoms with Crippen LogP contribution in [0.15, 0.2) is 36.8 Å². The summed E-state index contributed by atoms with van der Waals surface area (Å²) in [5.41, 5.74) is 1.12. The molecule has 0 aliphatic heterocycles. The van der Waals surface area contributed by atoms with Gasteiger partial charge < -0.3 is 10.1 Å². The quantitative estimate of drug-likeness (QED) is 0.737. The molecule has 7 nitrogen and oxygen atoms in total. The number of ether oxygens (including phenoxy) is 1. The Balaban J connectivity index is 1.97. The fourth-order valence-electron chi connectivity index (χ4n) is 2.46. The molecule has 1 amide bonds. The highest BCUT2D eigenvalue weighted by Gasteiger charge is 2.19. The minimum Gasteiger partial charge on any atom is -0.494 e. The molecule has 0 saturated carbocycles. The molecule has 0 saturated heterocycles. The van der Waals surface area contributed by atoms with Crippen molar-refractivity contribution in [3.63, 3.8) is 0 Å². The van der Waals surface area contributed by atoms with Gasteiger partial charge in [0.25, 0.3) is 5.91 Å². The van der Waals surface area contributed by atoms with E-state index in [9.17, 15) is 18.0 Å². The highest BCUT2D eigenvalue weighted by molar-refractivity contribution is 6.03. The van der Waals surface area contributed by atoms with Gasteiger partial charge in [-0.2, -0.15) is 13.9 Å². The fourth-order valence-corrected chi connectivity index (χ4v) is 2.46. The molecular formula is C17H14F3N5O2. The Hall–Kier alpha value is -3.43. The number of amides is 1. The summed E-state index contributed by atoms with van der Waals surface area (Å²) >= 11 is 0. The predicted octanol–water partition coefficient (Wildman–Crippen LogP) is 3.44. The Morgan fingerprint density at radius 1 is 1.30 bits per heavy atom. The molecule has 0 unspecified atom stereocenters.